The molecule has 6 nitrogen and oxygen atoms in total. The minimum atomic E-state index is -0.672. The van der Waals surface area contributed by atoms with E-state index in [9.17, 15) is 9.18 Å². The van der Waals surface area contributed by atoms with Gasteiger partial charge >= 0.3 is 6.03 Å². The molecule has 138 valence electrons. The summed E-state index contributed by atoms with van der Waals surface area (Å²) in [6.07, 6.45) is 8.77. The summed E-state index contributed by atoms with van der Waals surface area (Å²) in [5.74, 6) is 0.0736. The predicted molar refractivity (Wildman–Crippen MR) is 94.9 cm³/mol. The van der Waals surface area contributed by atoms with Crippen LogP contribution in [-0.2, 0) is 12.1 Å². The summed E-state index contributed by atoms with van der Waals surface area (Å²) in [7, 11) is 0. The highest BCUT2D eigenvalue weighted by Crippen LogP contribution is 2.38. The topological polar surface area (TPSA) is 90.1 Å². The molecule has 1 aliphatic rings. The number of benzene rings is 1. The lowest BCUT2D eigenvalue weighted by molar-refractivity contribution is 0.216. The molecule has 0 atom stereocenters. The second-order valence-corrected chi connectivity index (χ2v) is 6.61. The average molecular weight is 358 g/mol. The quantitative estimate of drug-likeness (QED) is 0.802. The first-order valence-corrected chi connectivity index (χ1v) is 8.85. The summed E-state index contributed by atoms with van der Waals surface area (Å²) in [5.41, 5.74) is 6.20. The van der Waals surface area contributed by atoms with Gasteiger partial charge in [0.2, 0.25) is 5.88 Å². The molecule has 1 aromatic carbocycles. The summed E-state index contributed by atoms with van der Waals surface area (Å²) in [5, 5.41) is 2.90. The number of hydrogen-bond donors (Lipinski definition) is 2. The molecule has 26 heavy (non-hydrogen) atoms. The molecule has 3 rings (SSSR count). The molecule has 0 radical (unpaired) electrons. The van der Waals surface area contributed by atoms with Gasteiger partial charge in [-0.2, -0.15) is 0 Å². The Balaban J connectivity index is 1.87. The van der Waals surface area contributed by atoms with Crippen LogP contribution in [0.5, 0.6) is 5.88 Å². The van der Waals surface area contributed by atoms with Crippen molar-refractivity contribution in [3.63, 3.8) is 0 Å². The molecule has 0 bridgehead atoms. The molecule has 1 saturated carbocycles. The van der Waals surface area contributed by atoms with Gasteiger partial charge in [-0.25, -0.2) is 14.2 Å². The highest BCUT2D eigenvalue weighted by Gasteiger charge is 2.38. The lowest BCUT2D eigenvalue weighted by Crippen LogP contribution is -2.48. The van der Waals surface area contributed by atoms with Crippen LogP contribution in [0.15, 0.2) is 36.7 Å². The van der Waals surface area contributed by atoms with Gasteiger partial charge in [-0.1, -0.05) is 37.8 Å². The van der Waals surface area contributed by atoms with Gasteiger partial charge in [0.05, 0.1) is 5.54 Å². The van der Waals surface area contributed by atoms with Crippen LogP contribution in [-0.4, -0.2) is 16.0 Å². The first-order valence-electron chi connectivity index (χ1n) is 8.85. The maximum atomic E-state index is 13.1. The summed E-state index contributed by atoms with van der Waals surface area (Å²) in [4.78, 5) is 20.5. The molecule has 2 amide bonds. The molecular weight excluding hydrogens is 335 g/mol. The molecule has 1 aliphatic carbocycles. The highest BCUT2D eigenvalue weighted by atomic mass is 19.1. The van der Waals surface area contributed by atoms with Crippen LogP contribution in [0.4, 0.5) is 9.18 Å². The standard InChI is InChI=1S/C19H23FN4O2/c20-15-7-5-14(6-8-15)13-26-17-16(22-11-12-23-17)19(24-18(21)25)9-3-1-2-4-10-19/h5-8,11-12H,1-4,9-10,13H2,(H3,21,24,25). The minimum absolute atomic E-state index is 0.235. The van der Waals surface area contributed by atoms with E-state index in [2.05, 4.69) is 15.3 Å². The van der Waals surface area contributed by atoms with Crippen LogP contribution in [0.25, 0.3) is 0 Å². The van der Waals surface area contributed by atoms with Crippen LogP contribution in [0.1, 0.15) is 49.8 Å². The summed E-state index contributed by atoms with van der Waals surface area (Å²) < 4.78 is 18.9. The third-order valence-corrected chi connectivity index (χ3v) is 4.73. The summed E-state index contributed by atoms with van der Waals surface area (Å²) in [6.45, 7) is 0.235. The first-order chi connectivity index (χ1) is 12.6. The van der Waals surface area contributed by atoms with Crippen molar-refractivity contribution in [2.75, 3.05) is 0 Å². The number of halogens is 1. The van der Waals surface area contributed by atoms with Crippen LogP contribution in [0.2, 0.25) is 0 Å². The number of carbonyl (C=O) groups is 1. The highest BCUT2D eigenvalue weighted by molar-refractivity contribution is 5.73. The Bertz CT molecular complexity index is 743. The second-order valence-electron chi connectivity index (χ2n) is 6.61. The molecular formula is C19H23FN4O2. The maximum Gasteiger partial charge on any atom is 0.312 e. The van der Waals surface area contributed by atoms with E-state index in [0.717, 1.165) is 44.1 Å². The van der Waals surface area contributed by atoms with E-state index in [0.29, 0.717) is 11.6 Å². The van der Waals surface area contributed by atoms with Gasteiger partial charge < -0.3 is 15.8 Å². The fraction of sp³-hybridized carbons (Fsp3) is 0.421. The fourth-order valence-electron chi connectivity index (χ4n) is 3.48. The Morgan fingerprint density at radius 2 is 1.77 bits per heavy atom. The van der Waals surface area contributed by atoms with Gasteiger partial charge in [-0.05, 0) is 30.5 Å². The molecule has 3 N–H and O–H groups in total. The maximum absolute atomic E-state index is 13.1. The number of hydrogen-bond acceptors (Lipinski definition) is 4. The Morgan fingerprint density at radius 3 is 2.42 bits per heavy atom. The second kappa shape index (κ2) is 8.12. The summed E-state index contributed by atoms with van der Waals surface area (Å²) >= 11 is 0. The number of amides is 2. The lowest BCUT2D eigenvalue weighted by atomic mass is 9.86. The van der Waals surface area contributed by atoms with Crippen molar-refractivity contribution in [2.45, 2.75) is 50.7 Å². The van der Waals surface area contributed by atoms with Gasteiger partial charge in [0.25, 0.3) is 0 Å². The van der Waals surface area contributed by atoms with Gasteiger partial charge in [0, 0.05) is 12.4 Å². The molecule has 1 heterocycles. The number of ether oxygens (including phenoxy) is 1. The average Bonchev–Trinajstić information content (AvgIpc) is 2.87. The van der Waals surface area contributed by atoms with E-state index < -0.39 is 11.6 Å². The zero-order valence-electron chi connectivity index (χ0n) is 14.6. The van der Waals surface area contributed by atoms with E-state index in [1.54, 1.807) is 24.5 Å². The number of nitrogens with zero attached hydrogens (tertiary/aromatic N) is 2. The van der Waals surface area contributed by atoms with Crippen LogP contribution < -0.4 is 15.8 Å². The van der Waals surface area contributed by atoms with Crippen molar-refractivity contribution in [3.05, 3.63) is 53.7 Å². The van der Waals surface area contributed by atoms with Crippen molar-refractivity contribution in [3.8, 4) is 5.88 Å². The largest absolute Gasteiger partial charge is 0.471 e. The minimum Gasteiger partial charge on any atom is -0.471 e. The number of nitrogens with one attached hydrogen (secondary N) is 1. The van der Waals surface area contributed by atoms with E-state index in [1.165, 1.54) is 12.1 Å². The van der Waals surface area contributed by atoms with Gasteiger partial charge in [0.15, 0.2) is 0 Å². The third-order valence-electron chi connectivity index (χ3n) is 4.73. The van der Waals surface area contributed by atoms with Crippen molar-refractivity contribution in [1.82, 2.24) is 15.3 Å². The zero-order valence-corrected chi connectivity index (χ0v) is 14.6. The Kier molecular flexibility index (Phi) is 5.65. The van der Waals surface area contributed by atoms with Crippen molar-refractivity contribution >= 4 is 6.03 Å². The van der Waals surface area contributed by atoms with Crippen LogP contribution in [0, 0.1) is 5.82 Å². The van der Waals surface area contributed by atoms with E-state index in [-0.39, 0.29) is 12.4 Å². The van der Waals surface area contributed by atoms with Crippen LogP contribution >= 0.6 is 0 Å². The number of primary amides is 1. The SMILES string of the molecule is NC(=O)NC1(c2nccnc2OCc2ccc(F)cc2)CCCCCC1. The number of nitrogens with two attached hydrogens (primary N) is 1. The molecule has 0 saturated heterocycles. The van der Waals surface area contributed by atoms with Crippen LogP contribution in [0.3, 0.4) is 0 Å². The molecule has 0 spiro atoms. The number of rotatable bonds is 5. The summed E-state index contributed by atoms with van der Waals surface area (Å²) in [6, 6.07) is 5.51. The van der Waals surface area contributed by atoms with Gasteiger partial charge in [0.1, 0.15) is 18.1 Å². The third kappa shape index (κ3) is 4.28. The monoisotopic (exact) mass is 358 g/mol. The zero-order chi connectivity index (χ0) is 18.4. The molecule has 1 aromatic heterocycles. The van der Waals surface area contributed by atoms with E-state index in [4.69, 9.17) is 10.5 Å². The van der Waals surface area contributed by atoms with E-state index in [1.807, 2.05) is 0 Å². The number of carbonyl (C=O) groups excluding carboxylic acids is 1. The van der Waals surface area contributed by atoms with Crippen molar-refractivity contribution < 1.29 is 13.9 Å². The molecule has 1 fully saturated rings. The molecule has 0 unspecified atom stereocenters. The smallest absolute Gasteiger partial charge is 0.312 e. The van der Waals surface area contributed by atoms with E-state index >= 15 is 0 Å². The lowest BCUT2D eigenvalue weighted by Gasteiger charge is -2.33. The van der Waals surface area contributed by atoms with Gasteiger partial charge in [-0.15, -0.1) is 0 Å². The van der Waals surface area contributed by atoms with Crippen molar-refractivity contribution in [1.29, 1.82) is 0 Å². The van der Waals surface area contributed by atoms with Gasteiger partial charge in [-0.3, -0.25) is 4.98 Å². The number of aromatic nitrogens is 2. The predicted octanol–water partition coefficient (Wildman–Crippen LogP) is 3.41. The Hall–Kier alpha value is -2.70. The normalized spacial score (nSPS) is 16.5. The first kappa shape index (κ1) is 18.1. The number of urea groups is 1. The fourth-order valence-corrected chi connectivity index (χ4v) is 3.48. The molecule has 0 aliphatic heterocycles. The molecule has 7 heteroatoms. The molecule has 2 aromatic rings. The Labute approximate surface area is 152 Å². The Morgan fingerprint density at radius 1 is 1.12 bits per heavy atom. The van der Waals surface area contributed by atoms with Crippen molar-refractivity contribution in [2.24, 2.45) is 5.73 Å².